The van der Waals surface area contributed by atoms with Crippen molar-refractivity contribution in [1.29, 1.82) is 0 Å². The van der Waals surface area contributed by atoms with Crippen LogP contribution in [0.15, 0.2) is 0 Å². The van der Waals surface area contributed by atoms with Crippen molar-refractivity contribution in [3.63, 3.8) is 0 Å². The number of hydrogen-bond acceptors (Lipinski definition) is 16. The molecule has 0 aromatic heterocycles. The Hall–Kier alpha value is 2.62. The third kappa shape index (κ3) is 38.3. The first-order chi connectivity index (χ1) is 8.41. The second-order valence-corrected chi connectivity index (χ2v) is 5.72. The first-order valence-electron chi connectivity index (χ1n) is 3.00. The van der Waals surface area contributed by atoms with Crippen molar-refractivity contribution in [3.8, 4) is 0 Å². The van der Waals surface area contributed by atoms with Crippen LogP contribution in [0.3, 0.4) is 0 Å². The van der Waals surface area contributed by atoms with E-state index in [1.807, 2.05) is 0 Å². The molecule has 0 aromatic carbocycles. The Morgan fingerprint density at radius 3 is 0.545 bits per heavy atom. The maximum absolute atomic E-state index is 9.37. The second kappa shape index (κ2) is 12.9. The van der Waals surface area contributed by atoms with Crippen molar-refractivity contribution in [2.45, 2.75) is 0 Å². The topological polar surface area (TPSA) is 266 Å². The molecule has 0 saturated carbocycles. The molecule has 0 atom stereocenters. The summed E-state index contributed by atoms with van der Waals surface area (Å²) in [5.74, 6) is 0. The predicted molar refractivity (Wildman–Crippen MR) is 54.6 cm³/mol. The molecule has 0 radical (unpaired) electrons. The molecule has 124 valence electrons. The van der Waals surface area contributed by atoms with E-state index in [1.54, 1.807) is 0 Å². The Balaban J connectivity index is -0.000000135. The van der Waals surface area contributed by atoms with Crippen LogP contribution in [0.4, 0.5) is 0 Å². The molecule has 0 aliphatic carbocycles. The van der Waals surface area contributed by atoms with Crippen molar-refractivity contribution in [2.24, 2.45) is 0 Å². The van der Waals surface area contributed by atoms with Gasteiger partial charge in [-0.3, -0.25) is 0 Å². The van der Waals surface area contributed by atoms with E-state index in [9.17, 15) is 51.9 Å². The van der Waals surface area contributed by atoms with Crippen LogP contribution in [0.1, 0.15) is 0 Å². The third-order valence-electron chi connectivity index (χ3n) is 0.389. The minimum atomic E-state index is -5.31. The van der Waals surface area contributed by atoms with E-state index < -0.39 is 41.6 Å². The van der Waals surface area contributed by atoms with Crippen LogP contribution in [0.2, 0.25) is 0 Å². The molecule has 0 N–H and O–H groups in total. The van der Waals surface area contributed by atoms with E-state index >= 15 is 0 Å². The van der Waals surface area contributed by atoms with Gasteiger partial charge in [0.15, 0.2) is 0 Å². The van der Waals surface area contributed by atoms with Gasteiger partial charge in [-0.15, -0.1) is 17.3 Å². The molecule has 0 heterocycles. The van der Waals surface area contributed by atoms with Crippen LogP contribution < -0.4 is 0 Å². The van der Waals surface area contributed by atoms with Crippen LogP contribution in [-0.4, -0.2) is 150 Å². The minimum absolute atomic E-state index is 0. The van der Waals surface area contributed by atoms with Gasteiger partial charge in [-0.2, -0.15) is 0 Å². The quantitative estimate of drug-likeness (QED) is 0.0849. The molecule has 0 amide bonds. The van der Waals surface area contributed by atoms with E-state index in [1.165, 1.54) is 0 Å². The van der Waals surface area contributed by atoms with Gasteiger partial charge in [-0.1, -0.05) is 0 Å². The Morgan fingerprint density at radius 2 is 0.500 bits per heavy atom. The summed E-state index contributed by atoms with van der Waals surface area (Å²) in [7, 11) is -21.2. The molecular weight excluding hydrogens is 659 g/mol. The summed E-state index contributed by atoms with van der Waals surface area (Å²) in [4.78, 5) is 0. The molecule has 22 heavy (non-hydrogen) atoms. The summed E-state index contributed by atoms with van der Waals surface area (Å²) >= 11 is 0. The summed E-state index contributed by atoms with van der Waals surface area (Å²) in [6, 6.07) is 0. The van der Waals surface area contributed by atoms with E-state index in [-0.39, 0.29) is 97.8 Å². The Kier molecular flexibility index (Phi) is 18.9. The Bertz CT molecular complexity index is 560. The molecule has 22 heteroatoms. The maximum atomic E-state index is 9.37. The molecule has 0 saturated heterocycles. The van der Waals surface area contributed by atoms with Gasteiger partial charge in [0, 0.05) is 0 Å². The van der Waals surface area contributed by atoms with Crippen LogP contribution in [0.5, 0.6) is 0 Å². The van der Waals surface area contributed by atoms with Gasteiger partial charge in [0.05, 0.1) is 0 Å². The average Bonchev–Trinajstić information content (AvgIpc) is 2.09. The van der Waals surface area contributed by atoms with Crippen LogP contribution in [-0.2, 0) is 58.9 Å². The van der Waals surface area contributed by atoms with Gasteiger partial charge in [0.25, 0.3) is 0 Å². The maximum Gasteiger partial charge on any atom is 2.00 e. The summed E-state index contributed by atoms with van der Waals surface area (Å²) in [5, 5.41) is 0. The Labute approximate surface area is 204 Å². The van der Waals surface area contributed by atoms with Crippen molar-refractivity contribution in [3.05, 3.63) is 0 Å². The summed E-state index contributed by atoms with van der Waals surface area (Å²) in [6.45, 7) is 0. The minimum Gasteiger partial charge on any atom is -0.724 e. The van der Waals surface area contributed by atoms with Gasteiger partial charge in [-0.25, -0.2) is 33.7 Å². The summed E-state index contributed by atoms with van der Waals surface area (Å²) in [6.07, 6.45) is 0. The van der Waals surface area contributed by atoms with Gasteiger partial charge in [0.1, 0.15) is 0 Å². The van der Waals surface area contributed by atoms with Crippen molar-refractivity contribution < 1.29 is 69.2 Å². The van der Waals surface area contributed by atoms with E-state index in [2.05, 4.69) is 17.3 Å². The fourth-order valence-electron chi connectivity index (χ4n) is 0.136. The zero-order valence-electron chi connectivity index (χ0n) is 9.58. The van der Waals surface area contributed by atoms with Crippen molar-refractivity contribution >= 4 is 139 Å². The summed E-state index contributed by atoms with van der Waals surface area (Å²) < 4.78 is 123. The zero-order valence-corrected chi connectivity index (χ0v) is 21.7. The molecule has 0 unspecified atom stereocenters. The van der Waals surface area contributed by atoms with Gasteiger partial charge in [0.2, 0.25) is 41.6 Å². The van der Waals surface area contributed by atoms with Gasteiger partial charge < -0.3 is 18.2 Å². The normalized spacial score (nSPS) is 12.2. The Morgan fingerprint density at radius 1 is 0.409 bits per heavy atom. The average molecular weight is 659 g/mol. The van der Waals surface area contributed by atoms with Crippen LogP contribution in [0, 0.1) is 0 Å². The van der Waals surface area contributed by atoms with Crippen molar-refractivity contribution in [2.75, 3.05) is 0 Å². The van der Waals surface area contributed by atoms with Crippen LogP contribution >= 0.6 is 0 Å². The summed E-state index contributed by atoms with van der Waals surface area (Å²) in [5.41, 5.74) is 0. The fraction of sp³-hybridized carbons (Fsp3) is 0. The fourth-order valence-corrected chi connectivity index (χ4v) is 1.22. The largest absolute Gasteiger partial charge is 2.00 e. The third-order valence-corrected chi connectivity index (χ3v) is 1.50. The van der Waals surface area contributed by atoms with E-state index in [4.69, 9.17) is 0 Å². The van der Waals surface area contributed by atoms with Crippen LogP contribution in [0.25, 0.3) is 0 Å². The monoisotopic (exact) mass is 660 g/mol. The SMILES string of the molecule is O=S(=O)([O-])OOS(=O)(=O)[O-].O=S(=O)([O-])OOS(=O)(=O)[O-].[Ba+2].[Ba+2]. The van der Waals surface area contributed by atoms with Crippen molar-refractivity contribution in [1.82, 2.24) is 0 Å². The molecule has 0 fully saturated rings. The smallest absolute Gasteiger partial charge is 0.724 e. The second-order valence-electron chi connectivity index (χ2n) is 1.91. The molecule has 16 nitrogen and oxygen atoms in total. The van der Waals surface area contributed by atoms with E-state index in [0.717, 1.165) is 0 Å². The van der Waals surface area contributed by atoms with Gasteiger partial charge >= 0.3 is 97.8 Å². The molecule has 0 rings (SSSR count). The predicted octanol–water partition coefficient (Wildman–Crippen LogP) is -5.05. The number of rotatable bonds is 6. The zero-order chi connectivity index (χ0) is 16.8. The molecule has 0 aliphatic rings. The molecule has 0 bridgehead atoms. The molecule has 0 spiro atoms. The standard InChI is InChI=1S/2Ba.2H2O8S2/c;;2*1-9(2,3)7-8-10(4,5)6/h;;2*(H,1,2,3)(H,4,5,6)/q2*+2;;/p-4. The molecule has 0 aromatic rings. The number of hydrogen-bond donors (Lipinski definition) is 0. The molecule has 0 aliphatic heterocycles. The first kappa shape index (κ1) is 32.3. The van der Waals surface area contributed by atoms with E-state index in [0.29, 0.717) is 0 Å². The first-order valence-corrected chi connectivity index (χ1v) is 8.33. The van der Waals surface area contributed by atoms with Gasteiger partial charge in [-0.05, 0) is 0 Å². The molecular formula is Ba2O16S4.